The maximum absolute atomic E-state index is 12.3. The summed E-state index contributed by atoms with van der Waals surface area (Å²) in [7, 11) is -1.94. The van der Waals surface area contributed by atoms with Crippen molar-refractivity contribution in [3.05, 3.63) is 48.0 Å². The maximum Gasteiger partial charge on any atom is 0.261 e. The second-order valence-corrected chi connectivity index (χ2v) is 6.12. The van der Waals surface area contributed by atoms with Crippen molar-refractivity contribution in [2.45, 2.75) is 11.8 Å². The van der Waals surface area contributed by atoms with E-state index in [1.54, 1.807) is 49.5 Å². The van der Waals surface area contributed by atoms with E-state index in [0.717, 1.165) is 5.56 Å². The van der Waals surface area contributed by atoms with Crippen LogP contribution in [0.15, 0.2) is 47.4 Å². The molecule has 0 amide bonds. The second-order valence-electron chi connectivity index (χ2n) is 4.44. The minimum Gasteiger partial charge on any atom is -0.397 e. The number of nitrogens with one attached hydrogen (secondary N) is 2. The van der Waals surface area contributed by atoms with E-state index in [9.17, 15) is 8.42 Å². The van der Waals surface area contributed by atoms with Crippen LogP contribution in [0.25, 0.3) is 0 Å². The van der Waals surface area contributed by atoms with Gasteiger partial charge in [-0.1, -0.05) is 23.8 Å². The van der Waals surface area contributed by atoms with Gasteiger partial charge in [-0.2, -0.15) is 0 Å². The van der Waals surface area contributed by atoms with Gasteiger partial charge in [-0.3, -0.25) is 4.72 Å². The van der Waals surface area contributed by atoms with Gasteiger partial charge in [0.15, 0.2) is 0 Å². The van der Waals surface area contributed by atoms with E-state index in [0.29, 0.717) is 17.1 Å². The first kappa shape index (κ1) is 14.2. The lowest BCUT2D eigenvalue weighted by Gasteiger charge is -2.14. The molecule has 0 saturated heterocycles. The Labute approximate surface area is 118 Å². The lowest BCUT2D eigenvalue weighted by Crippen LogP contribution is -2.14. The molecule has 0 fully saturated rings. The molecule has 0 bridgehead atoms. The molecule has 5 nitrogen and oxygen atoms in total. The summed E-state index contributed by atoms with van der Waals surface area (Å²) >= 11 is 0. The molecular formula is C14H17N3O2S. The van der Waals surface area contributed by atoms with Crippen LogP contribution in [-0.4, -0.2) is 15.5 Å². The van der Waals surface area contributed by atoms with E-state index in [1.807, 2.05) is 6.92 Å². The lowest BCUT2D eigenvalue weighted by atomic mass is 10.2. The van der Waals surface area contributed by atoms with Crippen molar-refractivity contribution < 1.29 is 8.42 Å². The molecule has 0 aliphatic carbocycles. The number of para-hydroxylation sites is 1. The van der Waals surface area contributed by atoms with Gasteiger partial charge < -0.3 is 11.1 Å². The molecule has 2 aromatic carbocycles. The van der Waals surface area contributed by atoms with Crippen molar-refractivity contribution in [3.63, 3.8) is 0 Å². The number of rotatable bonds is 4. The van der Waals surface area contributed by atoms with Gasteiger partial charge in [0.25, 0.3) is 10.0 Å². The molecule has 106 valence electrons. The van der Waals surface area contributed by atoms with Crippen LogP contribution in [0.2, 0.25) is 0 Å². The van der Waals surface area contributed by atoms with Crippen molar-refractivity contribution in [1.29, 1.82) is 0 Å². The topological polar surface area (TPSA) is 84.2 Å². The Morgan fingerprint density at radius 1 is 1.05 bits per heavy atom. The van der Waals surface area contributed by atoms with Gasteiger partial charge in [0.1, 0.15) is 0 Å². The lowest BCUT2D eigenvalue weighted by molar-refractivity contribution is 0.601. The fraction of sp³-hybridized carbons (Fsp3) is 0.143. The molecule has 0 aliphatic heterocycles. The summed E-state index contributed by atoms with van der Waals surface area (Å²) in [6.45, 7) is 1.90. The fourth-order valence-corrected chi connectivity index (χ4v) is 2.93. The molecule has 0 atom stereocenters. The first-order chi connectivity index (χ1) is 9.44. The molecule has 0 aromatic heterocycles. The second kappa shape index (κ2) is 5.42. The Morgan fingerprint density at radius 2 is 1.70 bits per heavy atom. The van der Waals surface area contributed by atoms with Crippen LogP contribution in [0.4, 0.5) is 17.1 Å². The van der Waals surface area contributed by atoms with Crippen molar-refractivity contribution in [2.24, 2.45) is 0 Å². The molecule has 2 rings (SSSR count). The Bertz CT molecular complexity index is 710. The molecule has 0 radical (unpaired) electrons. The van der Waals surface area contributed by atoms with Crippen LogP contribution >= 0.6 is 0 Å². The third-order valence-corrected chi connectivity index (χ3v) is 4.30. The first-order valence-electron chi connectivity index (χ1n) is 6.10. The minimum absolute atomic E-state index is 0.215. The largest absolute Gasteiger partial charge is 0.397 e. The smallest absolute Gasteiger partial charge is 0.261 e. The van der Waals surface area contributed by atoms with E-state index >= 15 is 0 Å². The molecule has 6 heteroatoms. The van der Waals surface area contributed by atoms with E-state index in [2.05, 4.69) is 10.0 Å². The van der Waals surface area contributed by atoms with Crippen LogP contribution in [0.1, 0.15) is 5.56 Å². The zero-order valence-corrected chi connectivity index (χ0v) is 12.2. The number of nitrogens with two attached hydrogens (primary N) is 1. The van der Waals surface area contributed by atoms with Crippen LogP contribution < -0.4 is 15.8 Å². The van der Waals surface area contributed by atoms with E-state index in [-0.39, 0.29) is 4.90 Å². The summed E-state index contributed by atoms with van der Waals surface area (Å²) < 4.78 is 27.2. The Hall–Kier alpha value is -2.21. The normalized spacial score (nSPS) is 11.1. The highest BCUT2D eigenvalue weighted by atomic mass is 32.2. The van der Waals surface area contributed by atoms with Crippen molar-refractivity contribution in [1.82, 2.24) is 0 Å². The molecule has 2 aromatic rings. The molecule has 0 saturated carbocycles. The number of nitrogen functional groups attached to an aromatic ring is 1. The molecular weight excluding hydrogens is 274 g/mol. The van der Waals surface area contributed by atoms with Gasteiger partial charge >= 0.3 is 0 Å². The molecule has 20 heavy (non-hydrogen) atoms. The third-order valence-electron chi connectivity index (χ3n) is 2.92. The average Bonchev–Trinajstić information content (AvgIpc) is 2.39. The van der Waals surface area contributed by atoms with Gasteiger partial charge in [0.05, 0.1) is 22.0 Å². The Kier molecular flexibility index (Phi) is 3.85. The summed E-state index contributed by atoms with van der Waals surface area (Å²) in [5, 5.41) is 2.90. The Balaban J connectivity index is 2.38. The molecule has 4 N–H and O–H groups in total. The van der Waals surface area contributed by atoms with Crippen molar-refractivity contribution >= 4 is 27.1 Å². The summed E-state index contributed by atoms with van der Waals surface area (Å²) in [5.41, 5.74) is 8.28. The highest BCUT2D eigenvalue weighted by molar-refractivity contribution is 7.92. The van der Waals surface area contributed by atoms with Gasteiger partial charge in [-0.15, -0.1) is 0 Å². The molecule has 0 aliphatic rings. The predicted octanol–water partition coefficient (Wildman–Crippen LogP) is 2.42. The van der Waals surface area contributed by atoms with Gasteiger partial charge in [-0.25, -0.2) is 8.42 Å². The predicted molar refractivity (Wildman–Crippen MR) is 82.4 cm³/mol. The van der Waals surface area contributed by atoms with E-state index in [1.165, 1.54) is 0 Å². The summed E-state index contributed by atoms with van der Waals surface area (Å²) in [6, 6.07) is 11.7. The first-order valence-corrected chi connectivity index (χ1v) is 7.58. The summed E-state index contributed by atoms with van der Waals surface area (Å²) in [5.74, 6) is 0. The van der Waals surface area contributed by atoms with E-state index in [4.69, 9.17) is 5.73 Å². The minimum atomic E-state index is -3.62. The van der Waals surface area contributed by atoms with Crippen LogP contribution in [-0.2, 0) is 10.0 Å². The van der Waals surface area contributed by atoms with Crippen LogP contribution in [0.5, 0.6) is 0 Å². The number of hydrogen-bond acceptors (Lipinski definition) is 4. The van der Waals surface area contributed by atoms with Crippen molar-refractivity contribution in [3.8, 4) is 0 Å². The number of aryl methyl sites for hydroxylation is 1. The average molecular weight is 291 g/mol. The highest BCUT2D eigenvalue weighted by Crippen LogP contribution is 2.29. The molecule has 0 spiro atoms. The Morgan fingerprint density at radius 3 is 2.30 bits per heavy atom. The summed E-state index contributed by atoms with van der Waals surface area (Å²) in [6.07, 6.45) is 0. The standard InChI is InChI=1S/C14H17N3O2S/c1-10-6-8-11(9-7-10)20(18,19)17-13-5-3-4-12(15)14(13)16-2/h3-9,16-17H,15H2,1-2H3. The number of anilines is 3. The van der Waals surface area contributed by atoms with Gasteiger partial charge in [0.2, 0.25) is 0 Å². The maximum atomic E-state index is 12.3. The third kappa shape index (κ3) is 2.85. The van der Waals surface area contributed by atoms with Crippen LogP contribution in [0, 0.1) is 6.92 Å². The molecule has 0 heterocycles. The number of benzene rings is 2. The monoisotopic (exact) mass is 291 g/mol. The van der Waals surface area contributed by atoms with E-state index < -0.39 is 10.0 Å². The molecule has 0 unspecified atom stereocenters. The highest BCUT2D eigenvalue weighted by Gasteiger charge is 2.16. The number of sulfonamides is 1. The van der Waals surface area contributed by atoms with Gasteiger partial charge in [-0.05, 0) is 31.2 Å². The van der Waals surface area contributed by atoms with Crippen LogP contribution in [0.3, 0.4) is 0 Å². The zero-order valence-electron chi connectivity index (χ0n) is 11.3. The summed E-state index contributed by atoms with van der Waals surface area (Å²) in [4.78, 5) is 0.215. The van der Waals surface area contributed by atoms with Gasteiger partial charge in [0, 0.05) is 7.05 Å². The van der Waals surface area contributed by atoms with Crippen molar-refractivity contribution in [2.75, 3.05) is 22.8 Å². The zero-order chi connectivity index (χ0) is 14.8. The quantitative estimate of drug-likeness (QED) is 0.755. The fourth-order valence-electron chi connectivity index (χ4n) is 1.86. The number of hydrogen-bond donors (Lipinski definition) is 3. The SMILES string of the molecule is CNc1c(N)cccc1NS(=O)(=O)c1ccc(C)cc1.